The van der Waals surface area contributed by atoms with Crippen LogP contribution in [0.1, 0.15) is 47.9 Å². The molecule has 1 N–H and O–H groups in total. The monoisotopic (exact) mass is 519 g/mol. The zero-order chi connectivity index (χ0) is 25.3. The Labute approximate surface area is 221 Å². The van der Waals surface area contributed by atoms with Crippen molar-refractivity contribution in [1.82, 2.24) is 14.9 Å². The van der Waals surface area contributed by atoms with Gasteiger partial charge in [-0.3, -0.25) is 14.2 Å². The third-order valence-electron chi connectivity index (χ3n) is 6.26. The van der Waals surface area contributed by atoms with E-state index >= 15 is 0 Å². The molecule has 0 aliphatic rings. The van der Waals surface area contributed by atoms with Crippen molar-refractivity contribution in [2.24, 2.45) is 0 Å². The van der Waals surface area contributed by atoms with Crippen molar-refractivity contribution in [2.45, 2.75) is 63.4 Å². The quantitative estimate of drug-likeness (QED) is 0.136. The van der Waals surface area contributed by atoms with E-state index in [-0.39, 0.29) is 11.5 Å². The lowest BCUT2D eigenvalue weighted by atomic mass is 10.1. The van der Waals surface area contributed by atoms with Crippen LogP contribution in [0.4, 0.5) is 0 Å². The van der Waals surface area contributed by atoms with Gasteiger partial charge in [0.25, 0.3) is 5.56 Å². The van der Waals surface area contributed by atoms with Crippen LogP contribution >= 0.6 is 23.1 Å². The summed E-state index contributed by atoms with van der Waals surface area (Å²) in [5.74, 6) is 0.869. The number of thioether (sulfide) groups is 1. The van der Waals surface area contributed by atoms with E-state index in [1.165, 1.54) is 33.6 Å². The molecule has 0 aliphatic carbocycles. The van der Waals surface area contributed by atoms with Gasteiger partial charge in [0.15, 0.2) is 5.16 Å². The summed E-state index contributed by atoms with van der Waals surface area (Å²) < 4.78 is 2.54. The van der Waals surface area contributed by atoms with Crippen molar-refractivity contribution in [2.75, 3.05) is 6.54 Å². The van der Waals surface area contributed by atoms with E-state index in [1.54, 1.807) is 11.8 Å². The van der Waals surface area contributed by atoms with Crippen LogP contribution in [0.2, 0.25) is 0 Å². The summed E-state index contributed by atoms with van der Waals surface area (Å²) in [5, 5.41) is 5.71. The summed E-state index contributed by atoms with van der Waals surface area (Å²) in [6.45, 7) is 5.49. The molecule has 0 aliphatic heterocycles. The number of unbranched alkanes of at least 4 members (excludes halogenated alkanes) is 2. The van der Waals surface area contributed by atoms with Crippen molar-refractivity contribution >= 4 is 39.2 Å². The minimum Gasteiger partial charge on any atom is -0.356 e. The predicted molar refractivity (Wildman–Crippen MR) is 151 cm³/mol. The zero-order valence-corrected chi connectivity index (χ0v) is 22.6. The van der Waals surface area contributed by atoms with Crippen molar-refractivity contribution in [1.29, 1.82) is 0 Å². The molecule has 0 saturated carbocycles. The number of nitrogens with zero attached hydrogens (tertiary/aromatic N) is 2. The van der Waals surface area contributed by atoms with Crippen LogP contribution in [-0.2, 0) is 23.5 Å². The molecule has 0 fully saturated rings. The van der Waals surface area contributed by atoms with Gasteiger partial charge in [0.1, 0.15) is 4.70 Å². The van der Waals surface area contributed by atoms with Gasteiger partial charge < -0.3 is 5.32 Å². The molecule has 4 aromatic rings. The second-order valence-electron chi connectivity index (χ2n) is 9.10. The third-order valence-corrected chi connectivity index (χ3v) is 8.17. The van der Waals surface area contributed by atoms with Gasteiger partial charge in [-0.05, 0) is 61.2 Å². The number of aryl methyl sites for hydroxylation is 2. The van der Waals surface area contributed by atoms with E-state index in [0.29, 0.717) is 24.2 Å². The summed E-state index contributed by atoms with van der Waals surface area (Å²) in [4.78, 5) is 30.2. The third kappa shape index (κ3) is 7.08. The summed E-state index contributed by atoms with van der Waals surface area (Å²) in [5.41, 5.74) is 5.80. The molecule has 188 valence electrons. The number of fused-ring (bicyclic) bond motifs is 1. The molecule has 5 nitrogen and oxygen atoms in total. The second kappa shape index (κ2) is 12.9. The number of carbonyl (C=O) groups excluding carboxylic acids is 1. The van der Waals surface area contributed by atoms with E-state index in [2.05, 4.69) is 49.5 Å². The molecular weight excluding hydrogens is 486 g/mol. The zero-order valence-electron chi connectivity index (χ0n) is 21.0. The molecule has 0 radical (unpaired) electrons. The van der Waals surface area contributed by atoms with Gasteiger partial charge in [-0.1, -0.05) is 72.3 Å². The van der Waals surface area contributed by atoms with Crippen molar-refractivity contribution in [3.8, 4) is 0 Å². The van der Waals surface area contributed by atoms with Gasteiger partial charge >= 0.3 is 0 Å². The number of thiophene rings is 1. The highest BCUT2D eigenvalue weighted by Gasteiger charge is 2.13. The number of aromatic nitrogens is 2. The highest BCUT2D eigenvalue weighted by Crippen LogP contribution is 2.26. The number of carbonyl (C=O) groups is 1. The van der Waals surface area contributed by atoms with Gasteiger partial charge in [-0.15, -0.1) is 11.3 Å². The number of amides is 1. The SMILES string of the molecule is Cc1ccc(C)c(CSc2nc3ccsc3c(=O)n2CCCCCC(=O)NCCc2ccccc2)c1. The first-order valence-corrected chi connectivity index (χ1v) is 14.4. The molecule has 1 amide bonds. The smallest absolute Gasteiger partial charge is 0.272 e. The molecule has 0 unspecified atom stereocenters. The molecule has 7 heteroatoms. The van der Waals surface area contributed by atoms with Gasteiger partial charge in [0.2, 0.25) is 5.91 Å². The highest BCUT2D eigenvalue weighted by atomic mass is 32.2. The average molecular weight is 520 g/mol. The van der Waals surface area contributed by atoms with Gasteiger partial charge in [0.05, 0.1) is 5.52 Å². The van der Waals surface area contributed by atoms with Gasteiger partial charge in [-0.2, -0.15) is 0 Å². The molecule has 36 heavy (non-hydrogen) atoms. The first-order valence-electron chi connectivity index (χ1n) is 12.5. The standard InChI is InChI=1S/C29H33N3O2S2/c1-21-12-13-22(2)24(19-21)20-36-29-31-25-15-18-35-27(25)28(34)32(29)17-8-4-7-11-26(33)30-16-14-23-9-5-3-6-10-23/h3,5-6,9-10,12-13,15,18-19H,4,7-8,11,14,16-17,20H2,1-2H3,(H,30,33). The van der Waals surface area contributed by atoms with E-state index in [0.717, 1.165) is 42.1 Å². The molecular formula is C29H33N3O2S2. The minimum absolute atomic E-state index is 0.0390. The molecule has 0 bridgehead atoms. The maximum atomic E-state index is 13.2. The number of nitrogens with one attached hydrogen (secondary N) is 1. The van der Waals surface area contributed by atoms with E-state index < -0.39 is 0 Å². The molecule has 0 atom stereocenters. The van der Waals surface area contributed by atoms with Crippen molar-refractivity contribution in [3.05, 3.63) is 92.6 Å². The Balaban J connectivity index is 1.30. The first kappa shape index (κ1) is 26.2. The van der Waals surface area contributed by atoms with Gasteiger partial charge in [-0.25, -0.2) is 4.98 Å². The Hall–Kier alpha value is -2.90. The summed E-state index contributed by atoms with van der Waals surface area (Å²) in [7, 11) is 0. The fraction of sp³-hybridized carbons (Fsp3) is 0.345. The molecule has 0 saturated heterocycles. The van der Waals surface area contributed by atoms with Crippen LogP contribution in [-0.4, -0.2) is 22.0 Å². The minimum atomic E-state index is 0.0390. The Morgan fingerprint density at radius 2 is 1.89 bits per heavy atom. The van der Waals surface area contributed by atoms with E-state index in [9.17, 15) is 9.59 Å². The van der Waals surface area contributed by atoms with Crippen LogP contribution in [0.15, 0.2) is 69.9 Å². The summed E-state index contributed by atoms with van der Waals surface area (Å²) >= 11 is 3.07. The number of hydrogen-bond donors (Lipinski definition) is 1. The molecule has 2 aromatic heterocycles. The number of benzene rings is 2. The van der Waals surface area contributed by atoms with Crippen LogP contribution in [0, 0.1) is 13.8 Å². The van der Waals surface area contributed by atoms with Crippen LogP contribution < -0.4 is 10.9 Å². The predicted octanol–water partition coefficient (Wildman–Crippen LogP) is 6.29. The second-order valence-corrected chi connectivity index (χ2v) is 11.0. The molecule has 0 spiro atoms. The van der Waals surface area contributed by atoms with Crippen molar-refractivity contribution in [3.63, 3.8) is 0 Å². The molecule has 4 rings (SSSR count). The van der Waals surface area contributed by atoms with Crippen LogP contribution in [0.3, 0.4) is 0 Å². The van der Waals surface area contributed by atoms with E-state index in [4.69, 9.17) is 4.98 Å². The lowest BCUT2D eigenvalue weighted by molar-refractivity contribution is -0.121. The number of hydrogen-bond acceptors (Lipinski definition) is 5. The topological polar surface area (TPSA) is 64.0 Å². The molecule has 2 heterocycles. The fourth-order valence-corrected chi connectivity index (χ4v) is 6.01. The summed E-state index contributed by atoms with van der Waals surface area (Å²) in [6.07, 6.45) is 3.90. The maximum absolute atomic E-state index is 13.2. The van der Waals surface area contributed by atoms with Crippen LogP contribution in [0.5, 0.6) is 0 Å². The Kier molecular flexibility index (Phi) is 9.36. The maximum Gasteiger partial charge on any atom is 0.272 e. The van der Waals surface area contributed by atoms with Gasteiger partial charge in [0, 0.05) is 25.3 Å². The lowest BCUT2D eigenvalue weighted by Crippen LogP contribution is -2.25. The Morgan fingerprint density at radius 3 is 2.72 bits per heavy atom. The molecule has 2 aromatic carbocycles. The van der Waals surface area contributed by atoms with E-state index in [1.807, 2.05) is 34.2 Å². The Morgan fingerprint density at radius 1 is 1.06 bits per heavy atom. The van der Waals surface area contributed by atoms with Crippen molar-refractivity contribution < 1.29 is 4.79 Å². The lowest BCUT2D eigenvalue weighted by Gasteiger charge is -2.13. The number of rotatable bonds is 12. The normalized spacial score (nSPS) is 11.2. The Bertz CT molecular complexity index is 1360. The highest BCUT2D eigenvalue weighted by molar-refractivity contribution is 7.98. The fourth-order valence-electron chi connectivity index (χ4n) is 4.14. The van der Waals surface area contributed by atoms with Crippen LogP contribution in [0.25, 0.3) is 10.2 Å². The first-order chi connectivity index (χ1) is 17.5. The largest absolute Gasteiger partial charge is 0.356 e. The summed E-state index contributed by atoms with van der Waals surface area (Å²) in [6, 6.07) is 18.6. The average Bonchev–Trinajstić information content (AvgIpc) is 3.35.